The van der Waals surface area contributed by atoms with E-state index in [1.807, 2.05) is 12.1 Å². The van der Waals surface area contributed by atoms with Gasteiger partial charge in [0.15, 0.2) is 0 Å². The quantitative estimate of drug-likeness (QED) is 0.578. The number of amides is 2. The van der Waals surface area contributed by atoms with Crippen LogP contribution in [0.15, 0.2) is 24.3 Å². The monoisotopic (exact) mass is 221 g/mol. The van der Waals surface area contributed by atoms with Gasteiger partial charge in [-0.15, -0.1) is 0 Å². The molecule has 0 fully saturated rings. The minimum Gasteiger partial charge on any atom is -0.370 e. The Kier molecular flexibility index (Phi) is 4.47. The first kappa shape index (κ1) is 12.2. The smallest absolute Gasteiger partial charge is 0.248 e. The van der Waals surface area contributed by atoms with E-state index < -0.39 is 5.91 Å². The molecule has 2 amide bonds. The van der Waals surface area contributed by atoms with E-state index in [0.717, 1.165) is 5.56 Å². The first-order valence-electron chi connectivity index (χ1n) is 4.97. The number of carbonyl (C=O) groups is 2. The minimum absolute atomic E-state index is 0.319. The van der Waals surface area contributed by atoms with Gasteiger partial charge in [0.1, 0.15) is 0 Å². The zero-order chi connectivity index (χ0) is 12.0. The third kappa shape index (κ3) is 4.10. The molecular formula is C11H15N3O2. The van der Waals surface area contributed by atoms with Crippen LogP contribution >= 0.6 is 0 Å². The van der Waals surface area contributed by atoms with Crippen molar-refractivity contribution in [2.75, 3.05) is 6.54 Å². The highest BCUT2D eigenvalue weighted by Gasteiger charge is 1.99. The molecule has 0 atom stereocenters. The molecule has 5 N–H and O–H groups in total. The summed E-state index contributed by atoms with van der Waals surface area (Å²) in [7, 11) is 0. The number of benzene rings is 1. The Morgan fingerprint density at radius 3 is 2.25 bits per heavy atom. The van der Waals surface area contributed by atoms with Crippen LogP contribution in [0.5, 0.6) is 0 Å². The van der Waals surface area contributed by atoms with Crippen molar-refractivity contribution in [3.63, 3.8) is 0 Å². The zero-order valence-electron chi connectivity index (χ0n) is 8.90. The fourth-order valence-corrected chi connectivity index (χ4v) is 1.23. The molecule has 1 rings (SSSR count). The van der Waals surface area contributed by atoms with Gasteiger partial charge in [-0.1, -0.05) is 12.1 Å². The van der Waals surface area contributed by atoms with Crippen LogP contribution in [0.2, 0.25) is 0 Å². The topological polar surface area (TPSA) is 98.2 Å². The fraction of sp³-hybridized carbons (Fsp3) is 0.273. The van der Waals surface area contributed by atoms with Crippen LogP contribution in [0.1, 0.15) is 22.3 Å². The molecule has 0 radical (unpaired) electrons. The summed E-state index contributed by atoms with van der Waals surface area (Å²) in [5, 5.41) is 3.06. The van der Waals surface area contributed by atoms with E-state index in [1.165, 1.54) is 0 Å². The van der Waals surface area contributed by atoms with Gasteiger partial charge in [-0.25, -0.2) is 0 Å². The van der Waals surface area contributed by atoms with E-state index in [-0.39, 0.29) is 5.91 Å². The maximum atomic E-state index is 10.8. The highest BCUT2D eigenvalue weighted by molar-refractivity contribution is 5.92. The molecule has 1 aromatic rings. The van der Waals surface area contributed by atoms with Crippen molar-refractivity contribution in [1.82, 2.24) is 5.32 Å². The summed E-state index contributed by atoms with van der Waals surface area (Å²) in [5.41, 5.74) is 11.6. The van der Waals surface area contributed by atoms with Crippen molar-refractivity contribution in [2.24, 2.45) is 11.5 Å². The molecule has 1 aromatic carbocycles. The van der Waals surface area contributed by atoms with Crippen LogP contribution in [0, 0.1) is 0 Å². The molecule has 0 saturated heterocycles. The van der Waals surface area contributed by atoms with E-state index in [0.29, 0.717) is 25.1 Å². The van der Waals surface area contributed by atoms with Gasteiger partial charge < -0.3 is 16.8 Å². The summed E-state index contributed by atoms with van der Waals surface area (Å²) in [6, 6.07) is 6.98. The SMILES string of the molecule is NC(=O)CCNCc1ccc(C(N)=O)cc1. The summed E-state index contributed by atoms with van der Waals surface area (Å²) in [6.45, 7) is 1.18. The Morgan fingerprint density at radius 1 is 1.12 bits per heavy atom. The number of hydrogen-bond acceptors (Lipinski definition) is 3. The maximum absolute atomic E-state index is 10.8. The molecule has 86 valence electrons. The molecule has 0 aliphatic rings. The highest BCUT2D eigenvalue weighted by atomic mass is 16.1. The molecule has 0 unspecified atom stereocenters. The predicted molar refractivity (Wildman–Crippen MR) is 60.5 cm³/mol. The molecule has 0 aromatic heterocycles. The van der Waals surface area contributed by atoms with Gasteiger partial charge in [-0.05, 0) is 17.7 Å². The van der Waals surface area contributed by atoms with Gasteiger partial charge in [0.25, 0.3) is 0 Å². The summed E-state index contributed by atoms with van der Waals surface area (Å²) < 4.78 is 0. The summed E-state index contributed by atoms with van der Waals surface area (Å²) in [5.74, 6) is -0.759. The second kappa shape index (κ2) is 5.87. The van der Waals surface area contributed by atoms with Crippen molar-refractivity contribution in [2.45, 2.75) is 13.0 Å². The molecule has 0 bridgehead atoms. The molecule has 5 heteroatoms. The zero-order valence-corrected chi connectivity index (χ0v) is 8.90. The molecule has 16 heavy (non-hydrogen) atoms. The maximum Gasteiger partial charge on any atom is 0.248 e. The van der Waals surface area contributed by atoms with Crippen molar-refractivity contribution in [3.05, 3.63) is 35.4 Å². The molecule has 5 nitrogen and oxygen atoms in total. The fourth-order valence-electron chi connectivity index (χ4n) is 1.23. The lowest BCUT2D eigenvalue weighted by molar-refractivity contribution is -0.117. The lowest BCUT2D eigenvalue weighted by Crippen LogP contribution is -2.21. The number of nitrogens with two attached hydrogens (primary N) is 2. The second-order valence-electron chi connectivity index (χ2n) is 3.45. The van der Waals surface area contributed by atoms with Crippen molar-refractivity contribution in [3.8, 4) is 0 Å². The molecule has 0 aliphatic heterocycles. The van der Waals surface area contributed by atoms with E-state index in [2.05, 4.69) is 5.32 Å². The first-order chi connectivity index (χ1) is 7.59. The van der Waals surface area contributed by atoms with Crippen LogP contribution in [0.25, 0.3) is 0 Å². The van der Waals surface area contributed by atoms with Gasteiger partial charge in [0.2, 0.25) is 11.8 Å². The van der Waals surface area contributed by atoms with Gasteiger partial charge in [0.05, 0.1) is 0 Å². The third-order valence-corrected chi connectivity index (χ3v) is 2.12. The number of hydrogen-bond donors (Lipinski definition) is 3. The molecular weight excluding hydrogens is 206 g/mol. The number of nitrogens with one attached hydrogen (secondary N) is 1. The lowest BCUT2D eigenvalue weighted by atomic mass is 10.1. The molecule has 0 heterocycles. The van der Waals surface area contributed by atoms with Crippen LogP contribution in [0.4, 0.5) is 0 Å². The predicted octanol–water partition coefficient (Wildman–Crippen LogP) is -0.249. The molecule has 0 saturated carbocycles. The minimum atomic E-state index is -0.437. The van der Waals surface area contributed by atoms with Gasteiger partial charge in [0, 0.05) is 25.1 Å². The van der Waals surface area contributed by atoms with Crippen molar-refractivity contribution < 1.29 is 9.59 Å². The highest BCUT2D eigenvalue weighted by Crippen LogP contribution is 2.03. The average Bonchev–Trinajstić information content (AvgIpc) is 2.25. The average molecular weight is 221 g/mol. The van der Waals surface area contributed by atoms with Gasteiger partial charge in [-0.2, -0.15) is 0 Å². The van der Waals surface area contributed by atoms with Crippen molar-refractivity contribution in [1.29, 1.82) is 0 Å². The Morgan fingerprint density at radius 2 is 1.75 bits per heavy atom. The number of carbonyl (C=O) groups excluding carboxylic acids is 2. The standard InChI is InChI=1S/C11H15N3O2/c12-10(15)5-6-14-7-8-1-3-9(4-2-8)11(13)16/h1-4,14H,5-7H2,(H2,12,15)(H2,13,16). The van der Waals surface area contributed by atoms with E-state index >= 15 is 0 Å². The van der Waals surface area contributed by atoms with Crippen LogP contribution in [-0.2, 0) is 11.3 Å². The third-order valence-electron chi connectivity index (χ3n) is 2.12. The number of primary amides is 2. The van der Waals surface area contributed by atoms with E-state index in [4.69, 9.17) is 11.5 Å². The Balaban J connectivity index is 2.38. The second-order valence-corrected chi connectivity index (χ2v) is 3.45. The van der Waals surface area contributed by atoms with Crippen LogP contribution in [-0.4, -0.2) is 18.4 Å². The Bertz CT molecular complexity index is 373. The van der Waals surface area contributed by atoms with E-state index in [9.17, 15) is 9.59 Å². The summed E-state index contributed by atoms with van der Waals surface area (Å²) in [6.07, 6.45) is 0.319. The van der Waals surface area contributed by atoms with Crippen LogP contribution in [0.3, 0.4) is 0 Å². The normalized spacial score (nSPS) is 10.0. The lowest BCUT2D eigenvalue weighted by Gasteiger charge is -2.04. The largest absolute Gasteiger partial charge is 0.370 e. The Labute approximate surface area is 93.8 Å². The Hall–Kier alpha value is -1.88. The van der Waals surface area contributed by atoms with Crippen LogP contribution < -0.4 is 16.8 Å². The van der Waals surface area contributed by atoms with Gasteiger partial charge >= 0.3 is 0 Å². The summed E-state index contributed by atoms with van der Waals surface area (Å²) >= 11 is 0. The van der Waals surface area contributed by atoms with Gasteiger partial charge in [-0.3, -0.25) is 9.59 Å². The van der Waals surface area contributed by atoms with E-state index in [1.54, 1.807) is 12.1 Å². The molecule has 0 spiro atoms. The summed E-state index contributed by atoms with van der Waals surface area (Å²) in [4.78, 5) is 21.3. The van der Waals surface area contributed by atoms with Crippen molar-refractivity contribution >= 4 is 11.8 Å². The number of rotatable bonds is 6. The first-order valence-corrected chi connectivity index (χ1v) is 4.97. The molecule has 0 aliphatic carbocycles.